The summed E-state index contributed by atoms with van der Waals surface area (Å²) in [6, 6.07) is 24.4. The van der Waals surface area contributed by atoms with Crippen LogP contribution in [0.3, 0.4) is 0 Å². The molecule has 0 fully saturated rings. The molecule has 1 radical (unpaired) electrons. The minimum Gasteiger partial charge on any atom is -0.464 e. The van der Waals surface area contributed by atoms with Crippen LogP contribution in [0.2, 0.25) is 5.02 Å². The number of hydrogen-bond acceptors (Lipinski definition) is 2. The number of hydrogen-bond donors (Lipinski definition) is 1. The lowest BCUT2D eigenvalue weighted by Gasteiger charge is -2.09. The lowest BCUT2D eigenvalue weighted by molar-refractivity contribution is 0.100. The fourth-order valence-corrected chi connectivity index (χ4v) is 3.91. The van der Waals surface area contributed by atoms with Crippen molar-refractivity contribution in [2.45, 2.75) is 6.54 Å². The molecule has 0 saturated carbocycles. The Hall–Kier alpha value is -3.50. The van der Waals surface area contributed by atoms with E-state index in [1.807, 2.05) is 54.6 Å². The first kappa shape index (κ1) is 17.6. The highest BCUT2D eigenvalue weighted by atomic mass is 35.5. The van der Waals surface area contributed by atoms with E-state index in [2.05, 4.69) is 16.7 Å². The van der Waals surface area contributed by atoms with Crippen LogP contribution in [0, 0.1) is 6.07 Å². The number of halogens is 1. The number of nitrogens with zero attached hydrogens (tertiary/aromatic N) is 1. The number of furan rings is 1. The van der Waals surface area contributed by atoms with Crippen LogP contribution < -0.4 is 5.73 Å². The summed E-state index contributed by atoms with van der Waals surface area (Å²) in [5, 5.41) is 2.37. The Labute approximate surface area is 172 Å². The van der Waals surface area contributed by atoms with Crippen LogP contribution in [-0.2, 0) is 6.54 Å². The van der Waals surface area contributed by atoms with Crippen molar-refractivity contribution in [2.24, 2.45) is 5.73 Å². The fraction of sp³-hybridized carbons (Fsp3) is 0.0417. The zero-order valence-electron chi connectivity index (χ0n) is 15.4. The van der Waals surface area contributed by atoms with E-state index in [9.17, 15) is 4.79 Å². The van der Waals surface area contributed by atoms with Crippen molar-refractivity contribution in [2.75, 3.05) is 0 Å². The number of aromatic nitrogens is 1. The summed E-state index contributed by atoms with van der Waals surface area (Å²) < 4.78 is 7.73. The molecule has 0 unspecified atom stereocenters. The number of fused-ring (bicyclic) bond motifs is 3. The van der Waals surface area contributed by atoms with E-state index in [0.29, 0.717) is 17.1 Å². The maximum absolute atomic E-state index is 12.1. The number of rotatable bonds is 4. The maximum atomic E-state index is 12.1. The summed E-state index contributed by atoms with van der Waals surface area (Å²) in [4.78, 5) is 12.1. The molecule has 5 aromatic rings. The number of amides is 1. The molecule has 2 aromatic heterocycles. The van der Waals surface area contributed by atoms with Crippen LogP contribution in [0.1, 0.15) is 15.9 Å². The van der Waals surface area contributed by atoms with Gasteiger partial charge in [0.05, 0.1) is 17.3 Å². The number of benzene rings is 3. The normalized spacial score (nSPS) is 11.3. The summed E-state index contributed by atoms with van der Waals surface area (Å²) in [7, 11) is 0. The van der Waals surface area contributed by atoms with Gasteiger partial charge in [-0.1, -0.05) is 29.8 Å². The largest absolute Gasteiger partial charge is 0.464 e. The zero-order chi connectivity index (χ0) is 20.0. The van der Waals surface area contributed by atoms with Crippen molar-refractivity contribution in [3.05, 3.63) is 95.2 Å². The molecular formula is C24H16ClN2O2. The van der Waals surface area contributed by atoms with Gasteiger partial charge in [-0.2, -0.15) is 0 Å². The van der Waals surface area contributed by atoms with Crippen LogP contribution in [0.4, 0.5) is 0 Å². The molecule has 29 heavy (non-hydrogen) atoms. The van der Waals surface area contributed by atoms with Crippen LogP contribution in [-0.4, -0.2) is 10.5 Å². The first-order chi connectivity index (χ1) is 14.1. The lowest BCUT2D eigenvalue weighted by Crippen LogP contribution is -2.11. The number of carbonyl (C=O) groups is 1. The summed E-state index contributed by atoms with van der Waals surface area (Å²) in [6.45, 7) is 0.620. The average molecular weight is 400 g/mol. The molecule has 5 rings (SSSR count). The highest BCUT2D eigenvalue weighted by molar-refractivity contribution is 6.30. The van der Waals surface area contributed by atoms with Crippen LogP contribution >= 0.6 is 11.6 Å². The molecule has 3 aromatic carbocycles. The topological polar surface area (TPSA) is 61.2 Å². The lowest BCUT2D eigenvalue weighted by atomic mass is 10.0. The van der Waals surface area contributed by atoms with Crippen molar-refractivity contribution in [1.82, 2.24) is 4.57 Å². The van der Waals surface area contributed by atoms with Gasteiger partial charge in [0.1, 0.15) is 5.76 Å². The molecule has 0 spiro atoms. The molecule has 1 amide bonds. The minimum absolute atomic E-state index is 0.454. The molecule has 0 aliphatic carbocycles. The van der Waals surface area contributed by atoms with E-state index in [0.717, 1.165) is 38.7 Å². The van der Waals surface area contributed by atoms with E-state index in [1.54, 1.807) is 12.3 Å². The van der Waals surface area contributed by atoms with E-state index in [1.165, 1.54) is 0 Å². The molecule has 0 atom stereocenters. The van der Waals surface area contributed by atoms with Gasteiger partial charge in [0.15, 0.2) is 0 Å². The zero-order valence-corrected chi connectivity index (χ0v) is 16.1. The molecular weight excluding hydrogens is 384 g/mol. The fourth-order valence-electron chi connectivity index (χ4n) is 3.79. The van der Waals surface area contributed by atoms with Gasteiger partial charge in [0.2, 0.25) is 5.91 Å². The van der Waals surface area contributed by atoms with Gasteiger partial charge in [0, 0.05) is 33.5 Å². The molecule has 141 valence electrons. The second-order valence-electron chi connectivity index (χ2n) is 6.90. The third kappa shape index (κ3) is 2.98. The second kappa shape index (κ2) is 6.83. The number of carbonyl (C=O) groups excluding carboxylic acids is 1. The van der Waals surface area contributed by atoms with Crippen molar-refractivity contribution in [3.63, 3.8) is 0 Å². The van der Waals surface area contributed by atoms with E-state index in [-0.39, 0.29) is 0 Å². The van der Waals surface area contributed by atoms with Crippen molar-refractivity contribution in [3.8, 4) is 11.3 Å². The third-order valence-corrected chi connectivity index (χ3v) is 5.37. The summed E-state index contributed by atoms with van der Waals surface area (Å²) in [5.74, 6) is 0.311. The first-order valence-corrected chi connectivity index (χ1v) is 9.54. The van der Waals surface area contributed by atoms with Gasteiger partial charge in [-0.3, -0.25) is 4.79 Å². The Morgan fingerprint density at radius 1 is 1.07 bits per heavy atom. The number of primary amides is 1. The third-order valence-electron chi connectivity index (χ3n) is 5.12. The van der Waals surface area contributed by atoms with E-state index < -0.39 is 5.91 Å². The van der Waals surface area contributed by atoms with Crippen molar-refractivity contribution < 1.29 is 9.21 Å². The van der Waals surface area contributed by atoms with Gasteiger partial charge < -0.3 is 14.7 Å². The molecule has 5 heteroatoms. The summed E-state index contributed by atoms with van der Waals surface area (Å²) >= 11 is 6.04. The van der Waals surface area contributed by atoms with Gasteiger partial charge in [-0.15, -0.1) is 0 Å². The molecule has 0 aliphatic rings. The van der Waals surface area contributed by atoms with Crippen LogP contribution in [0.15, 0.2) is 77.4 Å². The summed E-state index contributed by atoms with van der Waals surface area (Å²) in [6.07, 6.45) is 1.65. The molecule has 0 aliphatic heterocycles. The Bertz CT molecular complexity index is 1350. The maximum Gasteiger partial charge on any atom is 0.249 e. The predicted octanol–water partition coefficient (Wildman–Crippen LogP) is 5.66. The molecule has 4 nitrogen and oxygen atoms in total. The van der Waals surface area contributed by atoms with Gasteiger partial charge in [0.25, 0.3) is 0 Å². The molecule has 2 heterocycles. The molecule has 2 N–H and O–H groups in total. The van der Waals surface area contributed by atoms with Gasteiger partial charge >= 0.3 is 0 Å². The van der Waals surface area contributed by atoms with E-state index in [4.69, 9.17) is 21.8 Å². The monoisotopic (exact) mass is 399 g/mol. The van der Waals surface area contributed by atoms with Crippen molar-refractivity contribution in [1.29, 1.82) is 0 Å². The van der Waals surface area contributed by atoms with Gasteiger partial charge in [-0.05, 0) is 60.2 Å². The van der Waals surface area contributed by atoms with Gasteiger partial charge in [-0.25, -0.2) is 0 Å². The molecule has 0 saturated heterocycles. The van der Waals surface area contributed by atoms with Crippen LogP contribution in [0.5, 0.6) is 0 Å². The molecule has 0 bridgehead atoms. The smallest absolute Gasteiger partial charge is 0.249 e. The Kier molecular flexibility index (Phi) is 4.14. The Balaban J connectivity index is 1.81. The Morgan fingerprint density at radius 2 is 1.90 bits per heavy atom. The highest BCUT2D eigenvalue weighted by Crippen LogP contribution is 2.34. The summed E-state index contributed by atoms with van der Waals surface area (Å²) in [5.41, 5.74) is 10.1. The SMILES string of the molecule is NC(=O)c1cccc2c1c1[c]cc(-c3ccco3)cc1n2Cc1ccc(Cl)cc1. The number of nitrogens with two attached hydrogens (primary N) is 1. The van der Waals surface area contributed by atoms with E-state index >= 15 is 0 Å². The van der Waals surface area contributed by atoms with Crippen LogP contribution in [0.25, 0.3) is 33.1 Å². The quantitative estimate of drug-likeness (QED) is 0.424. The standard InChI is InChI=1S/C24H16ClN2O2/c25-17-9-6-15(7-10-17)14-27-20-4-1-3-19(24(26)28)23(20)18-11-8-16(13-21(18)27)22-5-2-12-29-22/h1-10,12-13H,14H2,(H2,26,28). The first-order valence-electron chi connectivity index (χ1n) is 9.16. The highest BCUT2D eigenvalue weighted by Gasteiger charge is 2.17. The Morgan fingerprint density at radius 3 is 2.62 bits per heavy atom. The average Bonchev–Trinajstić information content (AvgIpc) is 3.36. The van der Waals surface area contributed by atoms with Crippen molar-refractivity contribution >= 4 is 39.3 Å². The minimum atomic E-state index is -0.454. The second-order valence-corrected chi connectivity index (χ2v) is 7.34. The predicted molar refractivity (Wildman–Crippen MR) is 115 cm³/mol.